The van der Waals surface area contributed by atoms with E-state index in [1.54, 1.807) is 31.2 Å². The highest BCUT2D eigenvalue weighted by Gasteiger charge is 2.16. The lowest BCUT2D eigenvalue weighted by Gasteiger charge is -2.16. The van der Waals surface area contributed by atoms with Crippen molar-refractivity contribution in [1.29, 1.82) is 0 Å². The van der Waals surface area contributed by atoms with Crippen molar-refractivity contribution in [3.63, 3.8) is 0 Å². The number of nitrogens with zero attached hydrogens (tertiary/aromatic N) is 3. The molecule has 2 heterocycles. The Balaban J connectivity index is 1.42. The molecule has 0 fully saturated rings. The van der Waals surface area contributed by atoms with E-state index in [9.17, 15) is 13.2 Å². The van der Waals surface area contributed by atoms with E-state index < -0.39 is 10.0 Å². The van der Waals surface area contributed by atoms with Crippen molar-refractivity contribution in [2.24, 2.45) is 0 Å². The van der Waals surface area contributed by atoms with E-state index in [-0.39, 0.29) is 12.3 Å². The Hall–Kier alpha value is -3.50. The predicted molar refractivity (Wildman–Crippen MR) is 130 cm³/mol. The van der Waals surface area contributed by atoms with Crippen molar-refractivity contribution in [3.05, 3.63) is 71.4 Å². The van der Waals surface area contributed by atoms with Gasteiger partial charge in [-0.2, -0.15) is 0 Å². The molecular formula is C23H22N4O4S2. The number of thiazole rings is 1. The molecule has 0 bridgehead atoms. The lowest BCUT2D eigenvalue weighted by atomic mass is 10.1. The summed E-state index contributed by atoms with van der Waals surface area (Å²) in [5.74, 6) is 0.845. The molecule has 0 saturated carbocycles. The van der Waals surface area contributed by atoms with Crippen LogP contribution >= 0.6 is 11.3 Å². The molecular weight excluding hydrogens is 460 g/mol. The van der Waals surface area contributed by atoms with Gasteiger partial charge >= 0.3 is 0 Å². The van der Waals surface area contributed by atoms with Gasteiger partial charge in [0, 0.05) is 23.6 Å². The van der Waals surface area contributed by atoms with Gasteiger partial charge in [0.15, 0.2) is 5.13 Å². The van der Waals surface area contributed by atoms with E-state index in [0.717, 1.165) is 17.4 Å². The maximum Gasteiger partial charge on any atom is 0.232 e. The van der Waals surface area contributed by atoms with Gasteiger partial charge in [0.2, 0.25) is 21.8 Å². The van der Waals surface area contributed by atoms with Crippen molar-refractivity contribution in [3.8, 4) is 22.7 Å². The molecule has 0 unspecified atom stereocenters. The lowest BCUT2D eigenvalue weighted by Crippen LogP contribution is -2.24. The van der Waals surface area contributed by atoms with E-state index >= 15 is 0 Å². The third-order valence-corrected chi connectivity index (χ3v) is 6.98. The Labute approximate surface area is 196 Å². The van der Waals surface area contributed by atoms with Crippen LogP contribution in [0.25, 0.3) is 22.7 Å². The SMILES string of the molecule is Cc1oc(-c2ccccc2)nc1CC(=O)Nc1nc(-c2ccc(N(C)S(C)(=O)=O)cc2)cs1. The maximum absolute atomic E-state index is 12.6. The van der Waals surface area contributed by atoms with Crippen molar-refractivity contribution in [1.82, 2.24) is 9.97 Å². The van der Waals surface area contributed by atoms with Gasteiger partial charge in [-0.1, -0.05) is 30.3 Å². The van der Waals surface area contributed by atoms with Crippen LogP contribution in [0.3, 0.4) is 0 Å². The van der Waals surface area contributed by atoms with E-state index in [2.05, 4.69) is 15.3 Å². The zero-order valence-electron chi connectivity index (χ0n) is 18.3. The van der Waals surface area contributed by atoms with E-state index in [1.807, 2.05) is 35.7 Å². The Morgan fingerprint density at radius 1 is 1.06 bits per heavy atom. The molecule has 10 heteroatoms. The summed E-state index contributed by atoms with van der Waals surface area (Å²) in [5, 5.41) is 5.11. The van der Waals surface area contributed by atoms with Crippen LogP contribution < -0.4 is 9.62 Å². The average molecular weight is 483 g/mol. The van der Waals surface area contributed by atoms with Crippen molar-refractivity contribution in [2.45, 2.75) is 13.3 Å². The molecule has 0 saturated heterocycles. The van der Waals surface area contributed by atoms with Crippen LogP contribution in [0.5, 0.6) is 0 Å². The number of benzene rings is 2. The summed E-state index contributed by atoms with van der Waals surface area (Å²) in [7, 11) is -1.83. The third kappa shape index (κ3) is 5.29. The largest absolute Gasteiger partial charge is 0.441 e. The molecule has 0 aliphatic rings. The van der Waals surface area contributed by atoms with Crippen LogP contribution in [-0.4, -0.2) is 37.6 Å². The number of hydrogen-bond acceptors (Lipinski definition) is 7. The number of oxazole rings is 1. The quantitative estimate of drug-likeness (QED) is 0.420. The molecule has 170 valence electrons. The second-order valence-corrected chi connectivity index (χ2v) is 10.3. The number of anilines is 2. The molecule has 2 aromatic heterocycles. The summed E-state index contributed by atoms with van der Waals surface area (Å²) in [5.41, 5.74) is 3.49. The van der Waals surface area contributed by atoms with Crippen LogP contribution in [0.4, 0.5) is 10.8 Å². The van der Waals surface area contributed by atoms with Gasteiger partial charge in [0.05, 0.1) is 29.8 Å². The maximum atomic E-state index is 12.6. The summed E-state index contributed by atoms with van der Waals surface area (Å²) < 4.78 is 30.3. The number of carbonyl (C=O) groups is 1. The van der Waals surface area contributed by atoms with Gasteiger partial charge in [0.25, 0.3) is 0 Å². The number of sulfonamides is 1. The van der Waals surface area contributed by atoms with Gasteiger partial charge in [-0.15, -0.1) is 11.3 Å². The van der Waals surface area contributed by atoms with Gasteiger partial charge in [-0.05, 0) is 31.2 Å². The Morgan fingerprint density at radius 3 is 2.42 bits per heavy atom. The number of aryl methyl sites for hydroxylation is 1. The smallest absolute Gasteiger partial charge is 0.232 e. The first-order valence-electron chi connectivity index (χ1n) is 10.0. The van der Waals surface area contributed by atoms with Crippen molar-refractivity contribution >= 4 is 38.1 Å². The molecule has 33 heavy (non-hydrogen) atoms. The second-order valence-electron chi connectivity index (χ2n) is 7.43. The summed E-state index contributed by atoms with van der Waals surface area (Å²) >= 11 is 1.31. The number of hydrogen-bond donors (Lipinski definition) is 1. The fraction of sp³-hybridized carbons (Fsp3) is 0.174. The molecule has 1 N–H and O–H groups in total. The Bertz CT molecular complexity index is 1380. The van der Waals surface area contributed by atoms with Crippen LogP contribution in [-0.2, 0) is 21.2 Å². The molecule has 4 rings (SSSR count). The Kier molecular flexibility index (Phi) is 6.30. The van der Waals surface area contributed by atoms with Crippen molar-refractivity contribution in [2.75, 3.05) is 22.9 Å². The number of rotatable bonds is 7. The van der Waals surface area contributed by atoms with E-state index in [0.29, 0.717) is 33.9 Å². The van der Waals surface area contributed by atoms with Crippen LogP contribution in [0.1, 0.15) is 11.5 Å². The first kappa shape index (κ1) is 22.7. The number of aromatic nitrogens is 2. The molecule has 1 amide bonds. The molecule has 0 radical (unpaired) electrons. The van der Waals surface area contributed by atoms with Crippen LogP contribution in [0.2, 0.25) is 0 Å². The van der Waals surface area contributed by atoms with Gasteiger partial charge in [0.1, 0.15) is 5.76 Å². The molecule has 8 nitrogen and oxygen atoms in total. The summed E-state index contributed by atoms with van der Waals surface area (Å²) in [6.45, 7) is 1.79. The highest BCUT2D eigenvalue weighted by Crippen LogP contribution is 2.28. The number of amides is 1. The summed E-state index contributed by atoms with van der Waals surface area (Å²) in [6, 6.07) is 16.5. The summed E-state index contributed by atoms with van der Waals surface area (Å²) in [6.07, 6.45) is 1.23. The van der Waals surface area contributed by atoms with Gasteiger partial charge in [-0.3, -0.25) is 9.10 Å². The molecule has 2 aromatic carbocycles. The standard InChI is InChI=1S/C23H22N4O4S2/c1-15-19(24-22(31-15)17-7-5-4-6-8-17)13-21(28)26-23-25-20(14-32-23)16-9-11-18(12-10-16)27(2)33(3,29)30/h4-12,14H,13H2,1-3H3,(H,25,26,28). The highest BCUT2D eigenvalue weighted by atomic mass is 32.2. The predicted octanol–water partition coefficient (Wildman–Crippen LogP) is 4.35. The minimum absolute atomic E-state index is 0.0730. The zero-order chi connectivity index (χ0) is 23.6. The third-order valence-electron chi connectivity index (χ3n) is 5.02. The fourth-order valence-corrected chi connectivity index (χ4v) is 4.35. The topological polar surface area (TPSA) is 105 Å². The van der Waals surface area contributed by atoms with Crippen molar-refractivity contribution < 1.29 is 17.6 Å². The number of carbonyl (C=O) groups excluding carboxylic acids is 1. The molecule has 0 aliphatic carbocycles. The van der Waals surface area contributed by atoms with E-state index in [1.165, 1.54) is 22.7 Å². The highest BCUT2D eigenvalue weighted by molar-refractivity contribution is 7.92. The average Bonchev–Trinajstić information content (AvgIpc) is 3.40. The minimum Gasteiger partial charge on any atom is -0.441 e. The first-order valence-corrected chi connectivity index (χ1v) is 12.7. The fourth-order valence-electron chi connectivity index (χ4n) is 3.11. The van der Waals surface area contributed by atoms with E-state index in [4.69, 9.17) is 4.42 Å². The molecule has 0 atom stereocenters. The second kappa shape index (κ2) is 9.16. The lowest BCUT2D eigenvalue weighted by molar-refractivity contribution is -0.115. The minimum atomic E-state index is -3.33. The molecule has 4 aromatic rings. The van der Waals surface area contributed by atoms with Crippen LogP contribution in [0.15, 0.2) is 64.4 Å². The number of nitrogens with one attached hydrogen (secondary N) is 1. The molecule has 0 spiro atoms. The summed E-state index contributed by atoms with van der Waals surface area (Å²) in [4.78, 5) is 21.5. The zero-order valence-corrected chi connectivity index (χ0v) is 19.9. The van der Waals surface area contributed by atoms with Gasteiger partial charge in [-0.25, -0.2) is 18.4 Å². The van der Waals surface area contributed by atoms with Gasteiger partial charge < -0.3 is 9.73 Å². The Morgan fingerprint density at radius 2 is 1.76 bits per heavy atom. The monoisotopic (exact) mass is 482 g/mol. The normalized spacial score (nSPS) is 11.4. The first-order chi connectivity index (χ1) is 15.7. The molecule has 0 aliphatic heterocycles. The van der Waals surface area contributed by atoms with Crippen LogP contribution in [0, 0.1) is 6.92 Å².